The third-order valence-electron chi connectivity index (χ3n) is 3.68. The minimum absolute atomic E-state index is 0.240. The van der Waals surface area contributed by atoms with Crippen LogP contribution in [-0.2, 0) is 6.54 Å². The van der Waals surface area contributed by atoms with Gasteiger partial charge in [-0.25, -0.2) is 0 Å². The number of aromatic nitrogens is 2. The summed E-state index contributed by atoms with van der Waals surface area (Å²) < 4.78 is 1.78. The Balaban J connectivity index is 1.73. The quantitative estimate of drug-likeness (QED) is 0.727. The predicted octanol–water partition coefficient (Wildman–Crippen LogP) is 4.80. The molecule has 0 radical (unpaired) electrons. The normalized spacial score (nSPS) is 10.6. The summed E-state index contributed by atoms with van der Waals surface area (Å²) in [5.41, 5.74) is 3.31. The van der Waals surface area contributed by atoms with Gasteiger partial charge in [0.05, 0.1) is 34.0 Å². The highest BCUT2D eigenvalue weighted by atomic mass is 35.5. The van der Waals surface area contributed by atoms with E-state index in [-0.39, 0.29) is 10.9 Å². The molecule has 0 bridgehead atoms. The minimum atomic E-state index is -0.321. The highest BCUT2D eigenvalue weighted by Crippen LogP contribution is 2.26. The second kappa shape index (κ2) is 7.07. The van der Waals surface area contributed by atoms with Crippen LogP contribution in [0.15, 0.2) is 54.9 Å². The Bertz CT molecular complexity index is 889. The van der Waals surface area contributed by atoms with Crippen molar-refractivity contribution in [1.29, 1.82) is 0 Å². The number of hydrogen-bond acceptors (Lipinski definition) is 2. The Morgan fingerprint density at radius 1 is 1.17 bits per heavy atom. The number of aryl methyl sites for hydroxylation is 1. The number of anilines is 1. The zero-order chi connectivity index (χ0) is 17.1. The maximum absolute atomic E-state index is 12.3. The molecular weight excluding hydrogens is 345 g/mol. The standard InChI is InChI=1S/C18H15Cl2N3O/c1-12-5-2-3-6-13(12)10-23-11-14(9-21-23)22-18(24)15-7-4-8-16(19)17(15)20/h2-9,11H,10H2,1H3,(H,22,24). The van der Waals surface area contributed by atoms with Gasteiger partial charge in [-0.15, -0.1) is 0 Å². The number of carbonyl (C=O) groups is 1. The average Bonchev–Trinajstić information content (AvgIpc) is 2.99. The highest BCUT2D eigenvalue weighted by Gasteiger charge is 2.13. The zero-order valence-electron chi connectivity index (χ0n) is 13.0. The first kappa shape index (κ1) is 16.6. The summed E-state index contributed by atoms with van der Waals surface area (Å²) in [6, 6.07) is 13.1. The highest BCUT2D eigenvalue weighted by molar-refractivity contribution is 6.44. The van der Waals surface area contributed by atoms with Crippen molar-refractivity contribution in [1.82, 2.24) is 9.78 Å². The van der Waals surface area contributed by atoms with Crippen molar-refractivity contribution in [3.8, 4) is 0 Å². The van der Waals surface area contributed by atoms with Gasteiger partial charge in [0.25, 0.3) is 5.91 Å². The fourth-order valence-corrected chi connectivity index (χ4v) is 2.74. The van der Waals surface area contributed by atoms with Crippen molar-refractivity contribution in [2.45, 2.75) is 13.5 Å². The number of hydrogen-bond donors (Lipinski definition) is 1. The van der Waals surface area contributed by atoms with Crippen molar-refractivity contribution >= 4 is 34.8 Å². The van der Waals surface area contributed by atoms with Crippen LogP contribution in [0.1, 0.15) is 21.5 Å². The van der Waals surface area contributed by atoms with E-state index in [0.717, 1.165) is 0 Å². The number of amides is 1. The lowest BCUT2D eigenvalue weighted by atomic mass is 10.1. The number of carbonyl (C=O) groups excluding carboxylic acids is 1. The van der Waals surface area contributed by atoms with Crippen LogP contribution < -0.4 is 5.32 Å². The average molecular weight is 360 g/mol. The molecule has 3 aromatic rings. The summed E-state index contributed by atoms with van der Waals surface area (Å²) in [7, 11) is 0. The lowest BCUT2D eigenvalue weighted by Crippen LogP contribution is -2.12. The molecule has 0 aliphatic rings. The van der Waals surface area contributed by atoms with Crippen LogP contribution >= 0.6 is 23.2 Å². The van der Waals surface area contributed by atoms with Crippen LogP contribution in [0, 0.1) is 6.92 Å². The van der Waals surface area contributed by atoms with E-state index in [9.17, 15) is 4.79 Å². The van der Waals surface area contributed by atoms with Crippen molar-refractivity contribution < 1.29 is 4.79 Å². The van der Waals surface area contributed by atoms with E-state index in [4.69, 9.17) is 23.2 Å². The Labute approximate surface area is 150 Å². The molecule has 1 heterocycles. The SMILES string of the molecule is Cc1ccccc1Cn1cc(NC(=O)c2cccc(Cl)c2Cl)cn1. The Hall–Kier alpha value is -2.30. The van der Waals surface area contributed by atoms with E-state index in [2.05, 4.69) is 29.5 Å². The summed E-state index contributed by atoms with van der Waals surface area (Å²) in [6.45, 7) is 2.70. The van der Waals surface area contributed by atoms with Crippen molar-refractivity contribution in [2.75, 3.05) is 5.32 Å². The Kier molecular flexibility index (Phi) is 4.88. The predicted molar refractivity (Wildman–Crippen MR) is 96.9 cm³/mol. The van der Waals surface area contributed by atoms with Gasteiger partial charge in [-0.2, -0.15) is 5.10 Å². The molecule has 4 nitrogen and oxygen atoms in total. The Morgan fingerprint density at radius 2 is 1.96 bits per heavy atom. The largest absolute Gasteiger partial charge is 0.319 e. The van der Waals surface area contributed by atoms with Gasteiger partial charge in [-0.1, -0.05) is 53.5 Å². The summed E-state index contributed by atoms with van der Waals surface area (Å²) in [6.07, 6.45) is 3.39. The van der Waals surface area contributed by atoms with Gasteiger partial charge in [0.15, 0.2) is 0 Å². The molecule has 122 valence electrons. The van der Waals surface area contributed by atoms with E-state index in [1.165, 1.54) is 11.1 Å². The molecule has 0 aliphatic carbocycles. The van der Waals surface area contributed by atoms with Crippen LogP contribution in [0.3, 0.4) is 0 Å². The molecule has 1 aromatic heterocycles. The molecule has 2 aromatic carbocycles. The van der Waals surface area contributed by atoms with Crippen molar-refractivity contribution in [3.05, 3.63) is 81.6 Å². The van der Waals surface area contributed by atoms with Crippen LogP contribution in [-0.4, -0.2) is 15.7 Å². The molecular formula is C18H15Cl2N3O. The van der Waals surface area contributed by atoms with Crippen molar-refractivity contribution in [2.24, 2.45) is 0 Å². The first-order valence-electron chi connectivity index (χ1n) is 7.37. The number of nitrogens with zero attached hydrogens (tertiary/aromatic N) is 2. The molecule has 0 spiro atoms. The van der Waals surface area contributed by atoms with Crippen LogP contribution in [0.4, 0.5) is 5.69 Å². The van der Waals surface area contributed by atoms with Gasteiger partial charge in [-0.3, -0.25) is 9.48 Å². The smallest absolute Gasteiger partial charge is 0.257 e. The number of rotatable bonds is 4. The third-order valence-corrected chi connectivity index (χ3v) is 4.50. The monoisotopic (exact) mass is 359 g/mol. The molecule has 0 unspecified atom stereocenters. The second-order valence-electron chi connectivity index (χ2n) is 5.41. The maximum Gasteiger partial charge on any atom is 0.257 e. The van der Waals surface area contributed by atoms with Crippen LogP contribution in [0.5, 0.6) is 0 Å². The van der Waals surface area contributed by atoms with Gasteiger partial charge < -0.3 is 5.32 Å². The molecule has 0 fully saturated rings. The number of halogens is 2. The molecule has 3 rings (SSSR count). The molecule has 24 heavy (non-hydrogen) atoms. The van der Waals surface area contributed by atoms with Crippen molar-refractivity contribution in [3.63, 3.8) is 0 Å². The third kappa shape index (κ3) is 3.61. The topological polar surface area (TPSA) is 46.9 Å². The minimum Gasteiger partial charge on any atom is -0.319 e. The summed E-state index contributed by atoms with van der Waals surface area (Å²) in [4.78, 5) is 12.3. The van der Waals surface area contributed by atoms with E-state index in [1.54, 1.807) is 35.3 Å². The van der Waals surface area contributed by atoms with E-state index >= 15 is 0 Å². The van der Waals surface area contributed by atoms with E-state index < -0.39 is 0 Å². The summed E-state index contributed by atoms with van der Waals surface area (Å²) in [5, 5.41) is 7.65. The van der Waals surface area contributed by atoms with Gasteiger partial charge in [0, 0.05) is 6.20 Å². The molecule has 1 amide bonds. The molecule has 0 aliphatic heterocycles. The fourth-order valence-electron chi connectivity index (χ4n) is 2.35. The van der Waals surface area contributed by atoms with Gasteiger partial charge in [-0.05, 0) is 30.2 Å². The second-order valence-corrected chi connectivity index (χ2v) is 6.19. The molecule has 1 N–H and O–H groups in total. The molecule has 6 heteroatoms. The molecule has 0 saturated heterocycles. The van der Waals surface area contributed by atoms with Gasteiger partial charge in [0.1, 0.15) is 0 Å². The van der Waals surface area contributed by atoms with Gasteiger partial charge >= 0.3 is 0 Å². The molecule has 0 atom stereocenters. The molecule has 0 saturated carbocycles. The Morgan fingerprint density at radius 3 is 2.75 bits per heavy atom. The van der Waals surface area contributed by atoms with Crippen LogP contribution in [0.25, 0.3) is 0 Å². The maximum atomic E-state index is 12.3. The lowest BCUT2D eigenvalue weighted by molar-refractivity contribution is 0.102. The summed E-state index contributed by atoms with van der Waals surface area (Å²) >= 11 is 12.0. The van der Waals surface area contributed by atoms with E-state index in [0.29, 0.717) is 22.8 Å². The van der Waals surface area contributed by atoms with E-state index in [1.807, 2.05) is 12.1 Å². The number of benzene rings is 2. The first-order valence-corrected chi connectivity index (χ1v) is 8.12. The number of nitrogens with one attached hydrogen (secondary N) is 1. The van der Waals surface area contributed by atoms with Crippen LogP contribution in [0.2, 0.25) is 10.0 Å². The summed E-state index contributed by atoms with van der Waals surface area (Å²) in [5.74, 6) is -0.321. The zero-order valence-corrected chi connectivity index (χ0v) is 14.5. The van der Waals surface area contributed by atoms with Gasteiger partial charge in [0.2, 0.25) is 0 Å². The lowest BCUT2D eigenvalue weighted by Gasteiger charge is -2.06. The fraction of sp³-hybridized carbons (Fsp3) is 0.111. The first-order chi connectivity index (χ1) is 11.5.